The van der Waals surface area contributed by atoms with Crippen LogP contribution in [-0.4, -0.2) is 29.4 Å². The van der Waals surface area contributed by atoms with Gasteiger partial charge in [-0.1, -0.05) is 117 Å². The molecule has 0 saturated heterocycles. The molecule has 0 saturated carbocycles. The fourth-order valence-electron chi connectivity index (χ4n) is 4.00. The standard InChI is InChI=1S/C24H50O4S.Na/c1-3-5-7-9-10-11-12-13-15-19-23(25)20-16-14-18-22-24(29(26,27)28)21-17-8-6-4-2;/h23-25H,3-22H2,1-2H3,(H,26,27,28);/q;+1/p-1. The molecule has 0 aliphatic carbocycles. The van der Waals surface area contributed by atoms with Crippen LogP contribution in [0.4, 0.5) is 0 Å². The van der Waals surface area contributed by atoms with E-state index < -0.39 is 15.4 Å². The van der Waals surface area contributed by atoms with Gasteiger partial charge in [-0.05, 0) is 25.7 Å². The first kappa shape index (κ1) is 33.0. The van der Waals surface area contributed by atoms with Crippen LogP contribution in [0.1, 0.15) is 142 Å². The minimum Gasteiger partial charge on any atom is -0.748 e. The fraction of sp³-hybridized carbons (Fsp3) is 1.00. The second-order valence-corrected chi connectivity index (χ2v) is 10.5. The van der Waals surface area contributed by atoms with Crippen molar-refractivity contribution in [2.75, 3.05) is 0 Å². The minimum atomic E-state index is -4.18. The minimum absolute atomic E-state index is 0. The topological polar surface area (TPSA) is 77.4 Å². The average molecular weight is 457 g/mol. The Kier molecular flexibility index (Phi) is 25.4. The molecule has 2 unspecified atom stereocenters. The summed E-state index contributed by atoms with van der Waals surface area (Å²) >= 11 is 0. The van der Waals surface area contributed by atoms with Crippen molar-refractivity contribution in [2.45, 2.75) is 154 Å². The molecule has 4 nitrogen and oxygen atoms in total. The zero-order valence-electron chi connectivity index (χ0n) is 20.4. The fourth-order valence-corrected chi connectivity index (χ4v) is 4.91. The molecular weight excluding hydrogens is 407 g/mol. The van der Waals surface area contributed by atoms with Crippen LogP contribution in [-0.2, 0) is 10.1 Å². The molecule has 0 radical (unpaired) electrons. The van der Waals surface area contributed by atoms with Crippen molar-refractivity contribution in [3.63, 3.8) is 0 Å². The predicted molar refractivity (Wildman–Crippen MR) is 123 cm³/mol. The smallest absolute Gasteiger partial charge is 0.748 e. The Bertz CT molecular complexity index is 442. The Labute approximate surface area is 210 Å². The molecule has 0 aliphatic heterocycles. The molecule has 0 aliphatic rings. The maximum Gasteiger partial charge on any atom is 1.00 e. The van der Waals surface area contributed by atoms with Gasteiger partial charge in [0.2, 0.25) is 0 Å². The summed E-state index contributed by atoms with van der Waals surface area (Å²) in [5.74, 6) is 0. The van der Waals surface area contributed by atoms with E-state index >= 15 is 0 Å². The van der Waals surface area contributed by atoms with Gasteiger partial charge in [0.05, 0.1) is 16.2 Å². The normalized spacial score (nSPS) is 13.7. The number of aliphatic hydroxyl groups excluding tert-OH is 1. The second kappa shape index (κ2) is 23.0. The van der Waals surface area contributed by atoms with E-state index in [4.69, 9.17) is 0 Å². The summed E-state index contributed by atoms with van der Waals surface area (Å²) in [4.78, 5) is 0. The van der Waals surface area contributed by atoms with Crippen molar-refractivity contribution in [2.24, 2.45) is 0 Å². The van der Waals surface area contributed by atoms with Crippen molar-refractivity contribution < 1.29 is 47.6 Å². The first-order valence-electron chi connectivity index (χ1n) is 12.5. The molecule has 1 N–H and O–H groups in total. The van der Waals surface area contributed by atoms with Crippen molar-refractivity contribution in [3.8, 4) is 0 Å². The van der Waals surface area contributed by atoms with Gasteiger partial charge in [0.25, 0.3) is 0 Å². The molecule has 176 valence electrons. The van der Waals surface area contributed by atoms with E-state index in [1.54, 1.807) is 0 Å². The van der Waals surface area contributed by atoms with E-state index in [1.807, 2.05) is 0 Å². The van der Waals surface area contributed by atoms with Gasteiger partial charge in [-0.3, -0.25) is 0 Å². The van der Waals surface area contributed by atoms with Crippen molar-refractivity contribution in [3.05, 3.63) is 0 Å². The van der Waals surface area contributed by atoms with Gasteiger partial charge in [-0.2, -0.15) is 0 Å². The number of aliphatic hydroxyl groups is 1. The molecule has 0 amide bonds. The van der Waals surface area contributed by atoms with Gasteiger partial charge >= 0.3 is 29.6 Å². The van der Waals surface area contributed by atoms with Gasteiger partial charge in [-0.15, -0.1) is 0 Å². The summed E-state index contributed by atoms with van der Waals surface area (Å²) in [5.41, 5.74) is 0. The van der Waals surface area contributed by atoms with Crippen molar-refractivity contribution in [1.82, 2.24) is 0 Å². The van der Waals surface area contributed by atoms with E-state index in [9.17, 15) is 18.1 Å². The molecule has 30 heavy (non-hydrogen) atoms. The van der Waals surface area contributed by atoms with E-state index in [1.165, 1.54) is 51.4 Å². The maximum absolute atomic E-state index is 11.4. The Hall–Kier alpha value is 0.870. The molecule has 0 aromatic carbocycles. The Morgan fingerprint density at radius 1 is 0.600 bits per heavy atom. The zero-order chi connectivity index (χ0) is 21.8. The third-order valence-electron chi connectivity index (χ3n) is 5.99. The Balaban J connectivity index is 0. The molecule has 0 aromatic rings. The summed E-state index contributed by atoms with van der Waals surface area (Å²) in [6.07, 6.45) is 20.7. The third-order valence-corrected chi connectivity index (χ3v) is 7.28. The largest absolute Gasteiger partial charge is 1.00 e. The second-order valence-electron chi connectivity index (χ2n) is 8.87. The average Bonchev–Trinajstić information content (AvgIpc) is 2.67. The van der Waals surface area contributed by atoms with Crippen LogP contribution in [0, 0.1) is 0 Å². The molecule has 2 atom stereocenters. The summed E-state index contributed by atoms with van der Waals surface area (Å²) in [7, 11) is -4.18. The van der Waals surface area contributed by atoms with Gasteiger partial charge in [0.15, 0.2) is 0 Å². The molecule has 0 heterocycles. The van der Waals surface area contributed by atoms with Gasteiger partial charge in [-0.25, -0.2) is 8.42 Å². The van der Waals surface area contributed by atoms with Crippen LogP contribution in [0.25, 0.3) is 0 Å². The van der Waals surface area contributed by atoms with Crippen LogP contribution < -0.4 is 29.6 Å². The van der Waals surface area contributed by atoms with E-state index in [0.717, 1.165) is 64.2 Å². The first-order valence-corrected chi connectivity index (χ1v) is 14.0. The molecule has 0 rings (SSSR count). The number of rotatable bonds is 22. The van der Waals surface area contributed by atoms with Crippen LogP contribution in [0.2, 0.25) is 0 Å². The number of unbranched alkanes of at least 4 members (excludes halogenated alkanes) is 13. The van der Waals surface area contributed by atoms with Crippen LogP contribution in [0.15, 0.2) is 0 Å². The van der Waals surface area contributed by atoms with Gasteiger partial charge in [0, 0.05) is 5.25 Å². The van der Waals surface area contributed by atoms with Gasteiger partial charge < -0.3 is 9.66 Å². The molecule has 6 heteroatoms. The maximum atomic E-state index is 11.4. The van der Waals surface area contributed by atoms with Crippen molar-refractivity contribution >= 4 is 10.1 Å². The van der Waals surface area contributed by atoms with Crippen LogP contribution in [0.3, 0.4) is 0 Å². The predicted octanol–water partition coefficient (Wildman–Crippen LogP) is 4.11. The van der Waals surface area contributed by atoms with Gasteiger partial charge in [0.1, 0.15) is 0 Å². The number of hydrogen-bond donors (Lipinski definition) is 1. The molecule has 0 fully saturated rings. The Morgan fingerprint density at radius 2 is 0.900 bits per heavy atom. The Morgan fingerprint density at radius 3 is 1.30 bits per heavy atom. The zero-order valence-corrected chi connectivity index (χ0v) is 23.2. The molecule has 0 bridgehead atoms. The monoisotopic (exact) mass is 456 g/mol. The molecular formula is C24H49NaO4S. The van der Waals surface area contributed by atoms with E-state index in [-0.39, 0.29) is 35.7 Å². The quantitative estimate of drug-likeness (QED) is 0.151. The SMILES string of the molecule is CCCCCCCCCCCC(O)CCCCCC(CCCCCC)S(=O)(=O)[O-].[Na+]. The van der Waals surface area contributed by atoms with Crippen LogP contribution >= 0.6 is 0 Å². The van der Waals surface area contributed by atoms with E-state index in [0.29, 0.717) is 12.8 Å². The summed E-state index contributed by atoms with van der Waals surface area (Å²) in [6, 6.07) is 0. The van der Waals surface area contributed by atoms with E-state index in [2.05, 4.69) is 13.8 Å². The summed E-state index contributed by atoms with van der Waals surface area (Å²) in [6.45, 7) is 4.36. The third kappa shape index (κ3) is 22.1. The summed E-state index contributed by atoms with van der Waals surface area (Å²) in [5, 5.41) is 9.39. The molecule has 0 aromatic heterocycles. The first-order chi connectivity index (χ1) is 13.9. The number of hydrogen-bond acceptors (Lipinski definition) is 4. The molecule has 0 spiro atoms. The van der Waals surface area contributed by atoms with Crippen LogP contribution in [0.5, 0.6) is 0 Å². The van der Waals surface area contributed by atoms with Crippen molar-refractivity contribution in [1.29, 1.82) is 0 Å². The summed E-state index contributed by atoms with van der Waals surface area (Å²) < 4.78 is 34.3.